The number of carbonyl (C=O) groups is 2. The molecule has 2 bridgehead atoms. The summed E-state index contributed by atoms with van der Waals surface area (Å²) in [6.45, 7) is 11.0. The van der Waals surface area contributed by atoms with Crippen molar-refractivity contribution >= 4 is 34.9 Å². The molecule has 5 atom stereocenters. The van der Waals surface area contributed by atoms with Crippen LogP contribution in [0.5, 0.6) is 0 Å². The van der Waals surface area contributed by atoms with Crippen molar-refractivity contribution in [3.05, 3.63) is 34.3 Å². The third kappa shape index (κ3) is 4.26. The highest BCUT2D eigenvalue weighted by molar-refractivity contribution is 9.10. The number of benzene rings is 1. The lowest BCUT2D eigenvalue weighted by atomic mass is 9.43. The summed E-state index contributed by atoms with van der Waals surface area (Å²) >= 11 is 3.37. The molecule has 5 rings (SSSR count). The number of halogens is 1. The van der Waals surface area contributed by atoms with Crippen LogP contribution >= 0.6 is 15.9 Å². The Morgan fingerprint density at radius 1 is 1.22 bits per heavy atom. The lowest BCUT2D eigenvalue weighted by Crippen LogP contribution is -2.65. The fraction of sp³-hybridized carbons (Fsp3) is 0.667. The maximum absolute atomic E-state index is 12.7. The van der Waals surface area contributed by atoms with Crippen molar-refractivity contribution < 1.29 is 18.9 Å². The van der Waals surface area contributed by atoms with Crippen LogP contribution in [-0.4, -0.2) is 43.1 Å². The molecule has 0 spiro atoms. The molecule has 3 saturated carbocycles. The zero-order valence-corrected chi connectivity index (χ0v) is 21.2. The molecule has 2 amide bonds. The fourth-order valence-electron chi connectivity index (χ4n) is 5.98. The van der Waals surface area contributed by atoms with Crippen LogP contribution in [0.25, 0.3) is 0 Å². The second-order valence-electron chi connectivity index (χ2n) is 10.8. The van der Waals surface area contributed by atoms with Gasteiger partial charge in [0.25, 0.3) is 5.91 Å². The lowest BCUT2D eigenvalue weighted by Gasteiger charge is -2.64. The SMILES string of the molecule is CC(C)C[C@H](NC(=O)CNC(=O)c1ccccc1Br)B1O[C@@H]2C[C@@H]3CC(C3(C)C)[C@]2(C)O1. The summed E-state index contributed by atoms with van der Waals surface area (Å²) in [5.74, 6) is 0.727. The minimum absolute atomic E-state index is 0.0750. The summed E-state index contributed by atoms with van der Waals surface area (Å²) in [5, 5.41) is 5.78. The first-order valence-corrected chi connectivity index (χ1v) is 12.5. The van der Waals surface area contributed by atoms with E-state index >= 15 is 0 Å². The van der Waals surface area contributed by atoms with Crippen molar-refractivity contribution in [2.24, 2.45) is 23.2 Å². The molecule has 174 valence electrons. The number of amides is 2. The van der Waals surface area contributed by atoms with Crippen LogP contribution in [0.4, 0.5) is 0 Å². The predicted molar refractivity (Wildman–Crippen MR) is 128 cm³/mol. The lowest BCUT2D eigenvalue weighted by molar-refractivity contribution is -0.199. The molecule has 1 unspecified atom stereocenters. The Kier molecular flexibility index (Phi) is 6.51. The summed E-state index contributed by atoms with van der Waals surface area (Å²) in [5.41, 5.74) is 0.465. The molecular weight excluding hydrogens is 471 g/mol. The number of nitrogens with one attached hydrogen (secondary N) is 2. The zero-order chi connectivity index (χ0) is 23.3. The first kappa shape index (κ1) is 23.8. The van der Waals surface area contributed by atoms with Gasteiger partial charge in [-0.25, -0.2) is 0 Å². The van der Waals surface area contributed by atoms with Crippen molar-refractivity contribution in [3.8, 4) is 0 Å². The molecule has 3 aliphatic carbocycles. The van der Waals surface area contributed by atoms with E-state index in [9.17, 15) is 9.59 Å². The Hall–Kier alpha value is -1.38. The molecule has 2 N–H and O–H groups in total. The van der Waals surface area contributed by atoms with E-state index in [0.29, 0.717) is 27.8 Å². The summed E-state index contributed by atoms with van der Waals surface area (Å²) in [4.78, 5) is 25.2. The Labute approximate surface area is 199 Å². The molecule has 6 nitrogen and oxygen atoms in total. The third-order valence-electron chi connectivity index (χ3n) is 7.90. The second kappa shape index (κ2) is 8.77. The molecule has 8 heteroatoms. The number of carbonyl (C=O) groups excluding carboxylic acids is 2. The second-order valence-corrected chi connectivity index (χ2v) is 11.7. The van der Waals surface area contributed by atoms with Gasteiger partial charge in [0.05, 0.1) is 29.8 Å². The smallest absolute Gasteiger partial charge is 0.404 e. The molecule has 0 aromatic heterocycles. The van der Waals surface area contributed by atoms with Gasteiger partial charge in [-0.1, -0.05) is 39.8 Å². The normalized spacial score (nSPS) is 31.0. The molecular formula is C24H34BBrN2O4. The number of rotatable bonds is 7. The van der Waals surface area contributed by atoms with Crippen LogP contribution < -0.4 is 10.6 Å². The topological polar surface area (TPSA) is 76.7 Å². The summed E-state index contributed by atoms with van der Waals surface area (Å²) in [6.07, 6.45) is 3.03. The minimum atomic E-state index is -0.467. The molecule has 4 fully saturated rings. The van der Waals surface area contributed by atoms with Crippen LogP contribution in [0.15, 0.2) is 28.7 Å². The average Bonchev–Trinajstić information content (AvgIpc) is 3.08. The third-order valence-corrected chi connectivity index (χ3v) is 8.59. The van der Waals surface area contributed by atoms with Gasteiger partial charge < -0.3 is 19.9 Å². The highest BCUT2D eigenvalue weighted by Gasteiger charge is 2.68. The van der Waals surface area contributed by atoms with E-state index < -0.39 is 7.12 Å². The van der Waals surface area contributed by atoms with E-state index in [-0.39, 0.29) is 41.4 Å². The molecule has 0 radical (unpaired) electrons. The van der Waals surface area contributed by atoms with Crippen molar-refractivity contribution in [2.45, 2.75) is 71.5 Å². The van der Waals surface area contributed by atoms with Crippen LogP contribution in [-0.2, 0) is 14.1 Å². The highest BCUT2D eigenvalue weighted by atomic mass is 79.9. The maximum Gasteiger partial charge on any atom is 0.481 e. The van der Waals surface area contributed by atoms with Crippen LogP contribution in [0, 0.1) is 23.2 Å². The molecule has 4 aliphatic rings. The van der Waals surface area contributed by atoms with E-state index in [0.717, 1.165) is 12.8 Å². The van der Waals surface area contributed by atoms with E-state index in [4.69, 9.17) is 9.31 Å². The Morgan fingerprint density at radius 2 is 1.94 bits per heavy atom. The quantitative estimate of drug-likeness (QED) is 0.550. The van der Waals surface area contributed by atoms with E-state index in [2.05, 4.69) is 61.2 Å². The molecule has 32 heavy (non-hydrogen) atoms. The van der Waals surface area contributed by atoms with Crippen LogP contribution in [0.3, 0.4) is 0 Å². The maximum atomic E-state index is 12.7. The molecule has 1 heterocycles. The van der Waals surface area contributed by atoms with Gasteiger partial charge in [-0.05, 0) is 77.4 Å². The van der Waals surface area contributed by atoms with Gasteiger partial charge in [-0.2, -0.15) is 0 Å². The Balaban J connectivity index is 1.38. The largest absolute Gasteiger partial charge is 0.481 e. The first-order valence-electron chi connectivity index (χ1n) is 11.7. The zero-order valence-electron chi connectivity index (χ0n) is 19.6. The van der Waals surface area contributed by atoms with Crippen LogP contribution in [0.1, 0.15) is 64.2 Å². The molecule has 1 aliphatic heterocycles. The predicted octanol–water partition coefficient (Wildman–Crippen LogP) is 3.98. The van der Waals surface area contributed by atoms with Gasteiger partial charge in [-0.3, -0.25) is 9.59 Å². The van der Waals surface area contributed by atoms with Gasteiger partial charge in [0.1, 0.15) is 0 Å². The van der Waals surface area contributed by atoms with E-state index in [1.54, 1.807) is 18.2 Å². The Bertz CT molecular complexity index is 895. The van der Waals surface area contributed by atoms with Crippen molar-refractivity contribution in [3.63, 3.8) is 0 Å². The number of hydrogen-bond donors (Lipinski definition) is 2. The summed E-state index contributed by atoms with van der Waals surface area (Å²) in [6, 6.07) is 7.15. The van der Waals surface area contributed by atoms with Gasteiger partial charge in [0, 0.05) is 4.47 Å². The van der Waals surface area contributed by atoms with E-state index in [1.165, 1.54) is 6.42 Å². The van der Waals surface area contributed by atoms with Crippen molar-refractivity contribution in [2.75, 3.05) is 6.54 Å². The summed E-state index contributed by atoms with van der Waals surface area (Å²) < 4.78 is 13.7. The fourth-order valence-corrected chi connectivity index (χ4v) is 6.44. The Morgan fingerprint density at radius 3 is 2.59 bits per heavy atom. The van der Waals surface area contributed by atoms with Crippen molar-refractivity contribution in [1.29, 1.82) is 0 Å². The number of hydrogen-bond acceptors (Lipinski definition) is 4. The highest BCUT2D eigenvalue weighted by Crippen LogP contribution is 2.65. The van der Waals surface area contributed by atoms with Gasteiger partial charge in [0.15, 0.2) is 0 Å². The molecule has 1 aromatic rings. The van der Waals surface area contributed by atoms with Crippen molar-refractivity contribution in [1.82, 2.24) is 10.6 Å². The minimum Gasteiger partial charge on any atom is -0.404 e. The monoisotopic (exact) mass is 504 g/mol. The van der Waals surface area contributed by atoms with E-state index in [1.807, 2.05) is 6.07 Å². The van der Waals surface area contributed by atoms with Gasteiger partial charge in [-0.15, -0.1) is 0 Å². The summed E-state index contributed by atoms with van der Waals surface area (Å²) in [7, 11) is -0.467. The van der Waals surface area contributed by atoms with Gasteiger partial charge >= 0.3 is 7.12 Å². The van der Waals surface area contributed by atoms with Gasteiger partial charge in [0.2, 0.25) is 5.91 Å². The molecule has 1 saturated heterocycles. The van der Waals surface area contributed by atoms with Crippen LogP contribution in [0.2, 0.25) is 0 Å². The average molecular weight is 505 g/mol. The molecule has 1 aromatic carbocycles. The standard InChI is InChI=1S/C24H34BBrN2O4/c1-14(2)10-20(28-21(29)13-27-22(30)16-8-6-7-9-17(16)26)25-31-19-12-15-11-18(23(15,3)4)24(19,5)32-25/h6-9,14-15,18-20H,10-13H2,1-5H3,(H,27,30)(H,28,29)/t15-,18?,19+,20-,24-/m0/s1. The first-order chi connectivity index (χ1) is 15.0.